The van der Waals surface area contributed by atoms with Crippen molar-refractivity contribution in [1.82, 2.24) is 14.9 Å². The maximum Gasteiger partial charge on any atom is 0.240 e. The summed E-state index contributed by atoms with van der Waals surface area (Å²) in [6.45, 7) is 2.04. The number of carbonyl (C=O) groups excluding carboxylic acids is 1. The number of likely N-dealkylation sites (tertiary alicyclic amines) is 1. The molecule has 2 aromatic heterocycles. The van der Waals surface area contributed by atoms with Gasteiger partial charge in [-0.1, -0.05) is 24.3 Å². The normalized spacial score (nSPS) is 17.2. The summed E-state index contributed by atoms with van der Waals surface area (Å²) in [5, 5.41) is 5.31. The van der Waals surface area contributed by atoms with Crippen molar-refractivity contribution in [1.29, 1.82) is 0 Å². The standard InChI is InChI=1S/C22H23FN4OS/c23-19-8-2-1-5-16(19)13-18-7-3-9-20(25-18)17-6-4-11-27(14-17)15-21(28)26-22-24-10-12-29-22/h1-3,5,7-10,12,17H,4,6,11,13-15H2,(H,24,26,28). The van der Waals surface area contributed by atoms with Crippen molar-refractivity contribution in [2.75, 3.05) is 25.0 Å². The zero-order valence-corrected chi connectivity index (χ0v) is 16.9. The zero-order valence-electron chi connectivity index (χ0n) is 16.1. The number of aromatic nitrogens is 2. The van der Waals surface area contributed by atoms with Crippen molar-refractivity contribution in [3.05, 3.63) is 76.8 Å². The molecule has 0 spiro atoms. The van der Waals surface area contributed by atoms with E-state index in [0.29, 0.717) is 23.7 Å². The molecule has 4 rings (SSSR count). The van der Waals surface area contributed by atoms with Crippen LogP contribution in [0.5, 0.6) is 0 Å². The highest BCUT2D eigenvalue weighted by atomic mass is 32.1. The average molecular weight is 411 g/mol. The third kappa shape index (κ3) is 5.25. The molecule has 0 aliphatic carbocycles. The molecule has 1 unspecified atom stereocenters. The van der Waals surface area contributed by atoms with Crippen molar-refractivity contribution < 1.29 is 9.18 Å². The van der Waals surface area contributed by atoms with E-state index in [0.717, 1.165) is 37.3 Å². The van der Waals surface area contributed by atoms with Gasteiger partial charge in [-0.25, -0.2) is 9.37 Å². The topological polar surface area (TPSA) is 58.1 Å². The summed E-state index contributed by atoms with van der Waals surface area (Å²) in [6, 6.07) is 12.8. The molecule has 1 atom stereocenters. The lowest BCUT2D eigenvalue weighted by Gasteiger charge is -2.32. The van der Waals surface area contributed by atoms with Crippen LogP contribution in [0.25, 0.3) is 0 Å². The van der Waals surface area contributed by atoms with E-state index in [1.165, 1.54) is 17.4 Å². The van der Waals surface area contributed by atoms with E-state index in [-0.39, 0.29) is 17.6 Å². The maximum absolute atomic E-state index is 14.0. The summed E-state index contributed by atoms with van der Waals surface area (Å²) in [5.41, 5.74) is 2.54. The van der Waals surface area contributed by atoms with Crippen molar-refractivity contribution in [2.45, 2.75) is 25.2 Å². The molecule has 1 amide bonds. The van der Waals surface area contributed by atoms with Crippen LogP contribution in [0.3, 0.4) is 0 Å². The lowest BCUT2D eigenvalue weighted by molar-refractivity contribution is -0.117. The fourth-order valence-corrected chi connectivity index (χ4v) is 4.29. The molecule has 1 aliphatic rings. The SMILES string of the molecule is O=C(CN1CCCC(c2cccc(Cc3ccccc3F)n2)C1)Nc1nccs1. The van der Waals surface area contributed by atoms with Crippen LogP contribution in [-0.2, 0) is 11.2 Å². The Morgan fingerprint density at radius 2 is 2.14 bits per heavy atom. The van der Waals surface area contributed by atoms with Crippen molar-refractivity contribution in [3.8, 4) is 0 Å². The second kappa shape index (κ2) is 9.24. The molecule has 7 heteroatoms. The largest absolute Gasteiger partial charge is 0.301 e. The maximum atomic E-state index is 14.0. The number of nitrogens with zero attached hydrogens (tertiary/aromatic N) is 3. The minimum absolute atomic E-state index is 0.0399. The first-order valence-electron chi connectivity index (χ1n) is 9.78. The number of thiazole rings is 1. The predicted molar refractivity (Wildman–Crippen MR) is 113 cm³/mol. The minimum Gasteiger partial charge on any atom is -0.301 e. The van der Waals surface area contributed by atoms with Gasteiger partial charge < -0.3 is 5.32 Å². The number of benzene rings is 1. The Morgan fingerprint density at radius 3 is 2.97 bits per heavy atom. The van der Waals surface area contributed by atoms with Gasteiger partial charge in [0.2, 0.25) is 5.91 Å². The quantitative estimate of drug-likeness (QED) is 0.665. The van der Waals surface area contributed by atoms with Crippen LogP contribution in [0.1, 0.15) is 35.7 Å². The number of hydrogen-bond acceptors (Lipinski definition) is 5. The number of piperidine rings is 1. The van der Waals surface area contributed by atoms with Gasteiger partial charge in [-0.05, 0) is 43.1 Å². The molecule has 3 heterocycles. The summed E-state index contributed by atoms with van der Waals surface area (Å²) < 4.78 is 14.0. The van der Waals surface area contributed by atoms with Crippen molar-refractivity contribution in [2.24, 2.45) is 0 Å². The lowest BCUT2D eigenvalue weighted by Crippen LogP contribution is -2.40. The number of pyridine rings is 1. The number of carbonyl (C=O) groups is 1. The first-order chi connectivity index (χ1) is 14.2. The molecule has 150 valence electrons. The Kier molecular flexibility index (Phi) is 6.27. The van der Waals surface area contributed by atoms with Crippen LogP contribution in [-0.4, -0.2) is 40.4 Å². The number of nitrogens with one attached hydrogen (secondary N) is 1. The first kappa shape index (κ1) is 19.7. The second-order valence-corrected chi connectivity index (χ2v) is 8.18. The Bertz CT molecular complexity index is 963. The molecule has 1 aromatic carbocycles. The van der Waals surface area contributed by atoms with E-state index in [4.69, 9.17) is 4.98 Å². The Balaban J connectivity index is 1.39. The van der Waals surface area contributed by atoms with Crippen LogP contribution >= 0.6 is 11.3 Å². The van der Waals surface area contributed by atoms with Gasteiger partial charge >= 0.3 is 0 Å². The molecule has 1 fully saturated rings. The lowest BCUT2D eigenvalue weighted by atomic mass is 9.94. The Hall–Kier alpha value is -2.64. The van der Waals surface area contributed by atoms with E-state index >= 15 is 0 Å². The van der Waals surface area contributed by atoms with E-state index < -0.39 is 0 Å². The molecule has 1 N–H and O–H groups in total. The summed E-state index contributed by atoms with van der Waals surface area (Å²) >= 11 is 1.42. The van der Waals surface area contributed by atoms with E-state index in [9.17, 15) is 9.18 Å². The molecule has 0 saturated carbocycles. The molecular formula is C22H23FN4OS. The molecule has 3 aromatic rings. The second-order valence-electron chi connectivity index (χ2n) is 7.28. The predicted octanol–water partition coefficient (Wildman–Crippen LogP) is 4.09. The molecular weight excluding hydrogens is 387 g/mol. The number of amides is 1. The number of rotatable bonds is 6. The van der Waals surface area contributed by atoms with E-state index in [1.807, 2.05) is 29.6 Å². The van der Waals surface area contributed by atoms with Crippen LogP contribution in [0, 0.1) is 5.82 Å². The fraction of sp³-hybridized carbons (Fsp3) is 0.318. The molecule has 29 heavy (non-hydrogen) atoms. The van der Waals surface area contributed by atoms with Crippen molar-refractivity contribution in [3.63, 3.8) is 0 Å². The smallest absolute Gasteiger partial charge is 0.240 e. The Morgan fingerprint density at radius 1 is 1.24 bits per heavy atom. The molecule has 5 nitrogen and oxygen atoms in total. The van der Waals surface area contributed by atoms with Gasteiger partial charge in [0.05, 0.1) is 6.54 Å². The van der Waals surface area contributed by atoms with Gasteiger partial charge in [0.1, 0.15) is 5.82 Å². The monoisotopic (exact) mass is 410 g/mol. The average Bonchev–Trinajstić information content (AvgIpc) is 3.23. The third-order valence-corrected chi connectivity index (χ3v) is 5.82. The summed E-state index contributed by atoms with van der Waals surface area (Å²) in [4.78, 5) is 23.3. The third-order valence-electron chi connectivity index (χ3n) is 5.13. The minimum atomic E-state index is -0.199. The van der Waals surface area contributed by atoms with Gasteiger partial charge in [0, 0.05) is 41.8 Å². The van der Waals surface area contributed by atoms with Crippen LogP contribution in [0.2, 0.25) is 0 Å². The highest BCUT2D eigenvalue weighted by Gasteiger charge is 2.24. The van der Waals surface area contributed by atoms with E-state index in [1.54, 1.807) is 18.3 Å². The Labute approximate surface area is 173 Å². The van der Waals surface area contributed by atoms with Crippen LogP contribution < -0.4 is 5.32 Å². The van der Waals surface area contributed by atoms with Gasteiger partial charge in [0.25, 0.3) is 0 Å². The molecule has 0 bridgehead atoms. The highest BCUT2D eigenvalue weighted by Crippen LogP contribution is 2.26. The van der Waals surface area contributed by atoms with Crippen molar-refractivity contribution >= 4 is 22.4 Å². The summed E-state index contributed by atoms with van der Waals surface area (Å²) in [6.07, 6.45) is 4.22. The van der Waals surface area contributed by atoms with Gasteiger partial charge in [0.15, 0.2) is 5.13 Å². The number of hydrogen-bond donors (Lipinski definition) is 1. The fourth-order valence-electron chi connectivity index (χ4n) is 3.75. The number of anilines is 1. The molecule has 1 aliphatic heterocycles. The van der Waals surface area contributed by atoms with Crippen LogP contribution in [0.15, 0.2) is 54.0 Å². The van der Waals surface area contributed by atoms with Gasteiger partial charge in [-0.15, -0.1) is 11.3 Å². The van der Waals surface area contributed by atoms with Crippen LogP contribution in [0.4, 0.5) is 9.52 Å². The zero-order chi connectivity index (χ0) is 20.1. The summed E-state index contributed by atoms with van der Waals surface area (Å²) in [5.74, 6) is 0.0358. The van der Waals surface area contributed by atoms with Gasteiger partial charge in [-0.3, -0.25) is 14.7 Å². The molecule has 0 radical (unpaired) electrons. The highest BCUT2D eigenvalue weighted by molar-refractivity contribution is 7.13. The van der Waals surface area contributed by atoms with Gasteiger partial charge in [-0.2, -0.15) is 0 Å². The first-order valence-corrected chi connectivity index (χ1v) is 10.7. The number of halogens is 1. The summed E-state index contributed by atoms with van der Waals surface area (Å²) in [7, 11) is 0. The molecule has 1 saturated heterocycles. The van der Waals surface area contributed by atoms with E-state index in [2.05, 4.69) is 15.2 Å².